The van der Waals surface area contributed by atoms with E-state index in [0.29, 0.717) is 11.8 Å². The van der Waals surface area contributed by atoms with E-state index in [1.807, 2.05) is 0 Å². The molecular formula is C14H15N3O4. The Morgan fingerprint density at radius 3 is 2.62 bits per heavy atom. The number of imide groups is 1. The molecule has 2 N–H and O–H groups in total. The summed E-state index contributed by atoms with van der Waals surface area (Å²) in [6, 6.07) is 6.35. The third-order valence-corrected chi connectivity index (χ3v) is 3.21. The molecule has 7 heteroatoms. The molecule has 1 aliphatic rings. The van der Waals surface area contributed by atoms with E-state index in [1.165, 1.54) is 6.92 Å². The highest BCUT2D eigenvalue weighted by molar-refractivity contribution is 6.01. The van der Waals surface area contributed by atoms with E-state index in [-0.39, 0.29) is 6.54 Å². The van der Waals surface area contributed by atoms with Gasteiger partial charge in [-0.1, -0.05) is 30.3 Å². The number of carbonyl (C=O) groups is 4. The molecule has 1 aliphatic heterocycles. The number of rotatable bonds is 4. The molecule has 0 aromatic heterocycles. The number of hydrogen-bond donors (Lipinski definition) is 2. The van der Waals surface area contributed by atoms with Crippen molar-refractivity contribution in [2.45, 2.75) is 19.0 Å². The number of hydrogen-bond acceptors (Lipinski definition) is 4. The molecule has 1 heterocycles. The molecule has 2 unspecified atom stereocenters. The zero-order chi connectivity index (χ0) is 15.4. The Kier molecular flexibility index (Phi) is 4.32. The first-order valence-electron chi connectivity index (χ1n) is 6.43. The second kappa shape index (κ2) is 6.17. The smallest absolute Gasteiger partial charge is 0.324 e. The molecule has 0 saturated carbocycles. The molecule has 21 heavy (non-hydrogen) atoms. The first-order valence-corrected chi connectivity index (χ1v) is 6.43. The van der Waals surface area contributed by atoms with Crippen LogP contribution in [0.5, 0.6) is 0 Å². The van der Waals surface area contributed by atoms with Gasteiger partial charge in [0.1, 0.15) is 18.4 Å². The first-order chi connectivity index (χ1) is 10.0. The topological polar surface area (TPSA) is 95.6 Å². The summed E-state index contributed by atoms with van der Waals surface area (Å²) in [4.78, 5) is 47.1. The second-order valence-electron chi connectivity index (χ2n) is 4.62. The summed E-state index contributed by atoms with van der Waals surface area (Å²) in [6.45, 7) is 1.24. The van der Waals surface area contributed by atoms with E-state index < -0.39 is 29.9 Å². The maximum atomic E-state index is 12.2. The summed E-state index contributed by atoms with van der Waals surface area (Å²) in [6.07, 6.45) is 0.607. The van der Waals surface area contributed by atoms with Crippen molar-refractivity contribution in [3.05, 3.63) is 35.9 Å². The summed E-state index contributed by atoms with van der Waals surface area (Å²) < 4.78 is 0. The Morgan fingerprint density at radius 1 is 1.38 bits per heavy atom. The van der Waals surface area contributed by atoms with Gasteiger partial charge in [0.2, 0.25) is 11.8 Å². The molecule has 1 aromatic rings. The van der Waals surface area contributed by atoms with Crippen LogP contribution in [0.15, 0.2) is 30.3 Å². The van der Waals surface area contributed by atoms with Gasteiger partial charge in [0.05, 0.1) is 0 Å². The summed E-state index contributed by atoms with van der Waals surface area (Å²) in [5, 5.41) is 4.97. The van der Waals surface area contributed by atoms with Crippen molar-refractivity contribution in [2.24, 2.45) is 0 Å². The van der Waals surface area contributed by atoms with Crippen LogP contribution in [0.4, 0.5) is 4.79 Å². The molecule has 0 spiro atoms. The van der Waals surface area contributed by atoms with Gasteiger partial charge in [0.15, 0.2) is 0 Å². The van der Waals surface area contributed by atoms with E-state index in [2.05, 4.69) is 10.6 Å². The highest BCUT2D eigenvalue weighted by atomic mass is 16.2. The van der Waals surface area contributed by atoms with Crippen molar-refractivity contribution in [3.8, 4) is 0 Å². The lowest BCUT2D eigenvalue weighted by Crippen LogP contribution is -2.48. The van der Waals surface area contributed by atoms with E-state index in [1.54, 1.807) is 30.3 Å². The molecule has 110 valence electrons. The lowest BCUT2D eigenvalue weighted by molar-refractivity contribution is -0.134. The molecule has 0 aliphatic carbocycles. The van der Waals surface area contributed by atoms with Gasteiger partial charge >= 0.3 is 6.03 Å². The SMILES string of the molecule is CC(=O)N1C(=O)NCC1C(=O)NC(C=O)c1ccccc1. The van der Waals surface area contributed by atoms with Crippen LogP contribution in [0.3, 0.4) is 0 Å². The average Bonchev–Trinajstić information content (AvgIpc) is 2.87. The Hall–Kier alpha value is -2.70. The van der Waals surface area contributed by atoms with Crippen LogP contribution in [0, 0.1) is 0 Å². The van der Waals surface area contributed by atoms with Crippen LogP contribution in [0.1, 0.15) is 18.5 Å². The maximum absolute atomic E-state index is 12.2. The van der Waals surface area contributed by atoms with E-state index >= 15 is 0 Å². The molecular weight excluding hydrogens is 274 g/mol. The van der Waals surface area contributed by atoms with Crippen LogP contribution >= 0.6 is 0 Å². The fraction of sp³-hybridized carbons (Fsp3) is 0.286. The zero-order valence-electron chi connectivity index (χ0n) is 11.4. The largest absolute Gasteiger partial charge is 0.341 e. The summed E-state index contributed by atoms with van der Waals surface area (Å²) in [5.41, 5.74) is 0.632. The maximum Gasteiger partial charge on any atom is 0.324 e. The van der Waals surface area contributed by atoms with Crippen molar-refractivity contribution in [2.75, 3.05) is 6.54 Å². The first kappa shape index (κ1) is 14.7. The van der Waals surface area contributed by atoms with Crippen LogP contribution in [0.25, 0.3) is 0 Å². The fourth-order valence-electron chi connectivity index (χ4n) is 2.18. The average molecular weight is 289 g/mol. The van der Waals surface area contributed by atoms with Crippen molar-refractivity contribution < 1.29 is 19.2 Å². The van der Waals surface area contributed by atoms with E-state index in [9.17, 15) is 19.2 Å². The van der Waals surface area contributed by atoms with Gasteiger partial charge in [-0.15, -0.1) is 0 Å². The van der Waals surface area contributed by atoms with Crippen molar-refractivity contribution in [1.82, 2.24) is 15.5 Å². The number of carbonyl (C=O) groups excluding carboxylic acids is 4. The van der Waals surface area contributed by atoms with Crippen LogP contribution < -0.4 is 10.6 Å². The Labute approximate surface area is 121 Å². The quantitative estimate of drug-likeness (QED) is 0.762. The Morgan fingerprint density at radius 2 is 2.05 bits per heavy atom. The Bertz CT molecular complexity index is 573. The normalized spacial score (nSPS) is 18.8. The predicted molar refractivity (Wildman–Crippen MR) is 73.1 cm³/mol. The molecule has 0 bridgehead atoms. The molecule has 4 amide bonds. The van der Waals surface area contributed by atoms with Crippen molar-refractivity contribution >= 4 is 24.1 Å². The highest BCUT2D eigenvalue weighted by Gasteiger charge is 2.39. The summed E-state index contributed by atoms with van der Waals surface area (Å²) in [5.74, 6) is -1.07. The number of aldehydes is 1. The van der Waals surface area contributed by atoms with Crippen LogP contribution in [-0.2, 0) is 14.4 Å². The van der Waals surface area contributed by atoms with Gasteiger partial charge in [-0.25, -0.2) is 4.79 Å². The number of nitrogens with zero attached hydrogens (tertiary/aromatic N) is 1. The van der Waals surface area contributed by atoms with E-state index in [0.717, 1.165) is 4.90 Å². The standard InChI is InChI=1S/C14H15N3O4/c1-9(19)17-12(7-15-14(17)21)13(20)16-11(8-18)10-5-3-2-4-6-10/h2-6,8,11-12H,7H2,1H3,(H,15,21)(H,16,20). The molecule has 2 atom stereocenters. The highest BCUT2D eigenvalue weighted by Crippen LogP contribution is 2.13. The van der Waals surface area contributed by atoms with Gasteiger partial charge < -0.3 is 15.4 Å². The number of benzene rings is 1. The number of urea groups is 1. The summed E-state index contributed by atoms with van der Waals surface area (Å²) in [7, 11) is 0. The monoisotopic (exact) mass is 289 g/mol. The minimum Gasteiger partial charge on any atom is -0.341 e. The van der Waals surface area contributed by atoms with Gasteiger partial charge in [-0.2, -0.15) is 0 Å². The minimum atomic E-state index is -0.943. The predicted octanol–water partition coefficient (Wildman–Crippen LogP) is -0.0169. The third kappa shape index (κ3) is 3.07. The number of amides is 4. The molecule has 7 nitrogen and oxygen atoms in total. The molecule has 1 fully saturated rings. The zero-order valence-corrected chi connectivity index (χ0v) is 11.4. The van der Waals surface area contributed by atoms with Crippen molar-refractivity contribution in [3.63, 3.8) is 0 Å². The molecule has 1 aromatic carbocycles. The second-order valence-corrected chi connectivity index (χ2v) is 4.62. The molecule has 0 radical (unpaired) electrons. The Balaban J connectivity index is 2.11. The summed E-state index contributed by atoms with van der Waals surface area (Å²) >= 11 is 0. The van der Waals surface area contributed by atoms with Gasteiger partial charge in [0.25, 0.3) is 0 Å². The lowest BCUT2D eigenvalue weighted by atomic mass is 10.1. The third-order valence-electron chi connectivity index (χ3n) is 3.21. The van der Waals surface area contributed by atoms with Gasteiger partial charge in [-0.05, 0) is 5.56 Å². The van der Waals surface area contributed by atoms with Crippen LogP contribution in [0.2, 0.25) is 0 Å². The van der Waals surface area contributed by atoms with Gasteiger partial charge in [-0.3, -0.25) is 14.5 Å². The lowest BCUT2D eigenvalue weighted by Gasteiger charge is -2.21. The van der Waals surface area contributed by atoms with Crippen molar-refractivity contribution in [1.29, 1.82) is 0 Å². The number of nitrogens with one attached hydrogen (secondary N) is 2. The fourth-order valence-corrected chi connectivity index (χ4v) is 2.18. The minimum absolute atomic E-state index is 0.0324. The van der Waals surface area contributed by atoms with E-state index in [4.69, 9.17) is 0 Å². The molecule has 2 rings (SSSR count). The molecule has 1 saturated heterocycles. The van der Waals surface area contributed by atoms with Gasteiger partial charge in [0, 0.05) is 13.5 Å². The van der Waals surface area contributed by atoms with Crippen LogP contribution in [-0.4, -0.2) is 41.6 Å².